The van der Waals surface area contributed by atoms with E-state index < -0.39 is 11.8 Å². The van der Waals surface area contributed by atoms with Gasteiger partial charge in [0.25, 0.3) is 11.8 Å². The topological polar surface area (TPSA) is 88.7 Å². The maximum absolute atomic E-state index is 12.2. The van der Waals surface area contributed by atoms with Gasteiger partial charge in [-0.3, -0.25) is 25.8 Å². The molecule has 29 heavy (non-hydrogen) atoms. The summed E-state index contributed by atoms with van der Waals surface area (Å²) in [5.74, 6) is 0.770. The van der Waals surface area contributed by atoms with Crippen molar-refractivity contribution in [2.75, 3.05) is 13.7 Å². The molecule has 0 spiro atoms. The van der Waals surface area contributed by atoms with Crippen molar-refractivity contribution in [1.29, 1.82) is 0 Å². The minimum Gasteiger partial charge on any atom is -0.496 e. The Labute approximate surface area is 188 Å². The van der Waals surface area contributed by atoms with Crippen molar-refractivity contribution in [2.24, 2.45) is 0 Å². The highest BCUT2D eigenvalue weighted by atomic mass is 127. The number of para-hydroxylation sites is 1. The van der Waals surface area contributed by atoms with E-state index in [1.54, 1.807) is 25.3 Å². The first-order valence-corrected chi connectivity index (χ1v) is 10.3. The van der Waals surface area contributed by atoms with E-state index in [1.807, 2.05) is 24.3 Å². The maximum atomic E-state index is 12.2. The summed E-state index contributed by atoms with van der Waals surface area (Å²) < 4.78 is 11.5. The van der Waals surface area contributed by atoms with Crippen LogP contribution in [0.4, 0.5) is 0 Å². The van der Waals surface area contributed by atoms with Gasteiger partial charge in [0, 0.05) is 5.56 Å². The molecule has 9 heteroatoms. The molecule has 2 rings (SSSR count). The predicted molar refractivity (Wildman–Crippen MR) is 123 cm³/mol. The fourth-order valence-electron chi connectivity index (χ4n) is 2.41. The number of carbonyl (C=O) groups excluding carboxylic acids is 2. The zero-order chi connectivity index (χ0) is 21.4. The van der Waals surface area contributed by atoms with Crippen LogP contribution in [0.15, 0.2) is 42.5 Å². The van der Waals surface area contributed by atoms with Gasteiger partial charge in [0.2, 0.25) is 0 Å². The Morgan fingerprint density at radius 2 is 1.83 bits per heavy atom. The third-order valence-corrected chi connectivity index (χ3v) is 4.90. The van der Waals surface area contributed by atoms with E-state index in [1.165, 1.54) is 0 Å². The molecule has 0 unspecified atom stereocenters. The van der Waals surface area contributed by atoms with Crippen LogP contribution in [0.3, 0.4) is 0 Å². The number of hydrogen-bond acceptors (Lipinski definition) is 5. The number of halogens is 1. The molecule has 154 valence electrons. The number of nitrogens with one attached hydrogen (secondary N) is 3. The van der Waals surface area contributed by atoms with E-state index in [0.29, 0.717) is 17.1 Å². The molecule has 0 aromatic heterocycles. The fourth-order valence-corrected chi connectivity index (χ4v) is 3.29. The number of thiocarbonyl (C=S) groups is 1. The summed E-state index contributed by atoms with van der Waals surface area (Å²) in [7, 11) is 1.56. The average Bonchev–Trinajstić information content (AvgIpc) is 2.70. The summed E-state index contributed by atoms with van der Waals surface area (Å²) in [6, 6.07) is 12.5. The van der Waals surface area contributed by atoms with Crippen molar-refractivity contribution in [2.45, 2.75) is 19.8 Å². The third kappa shape index (κ3) is 6.86. The molecule has 2 amide bonds. The van der Waals surface area contributed by atoms with Gasteiger partial charge in [-0.25, -0.2) is 0 Å². The number of benzene rings is 2. The van der Waals surface area contributed by atoms with Gasteiger partial charge in [-0.05, 0) is 70.6 Å². The Hall–Kier alpha value is -2.40. The molecule has 3 N–H and O–H groups in total. The summed E-state index contributed by atoms with van der Waals surface area (Å²) in [5, 5.41) is 2.47. The Kier molecular flexibility index (Phi) is 8.65. The number of hydrogen-bond donors (Lipinski definition) is 3. The molecule has 0 aliphatic heterocycles. The summed E-state index contributed by atoms with van der Waals surface area (Å²) >= 11 is 7.11. The molecule has 2 aromatic rings. The number of amides is 2. The molecular formula is C20H22IN3O4S. The standard InChI is InChI=1S/C20H22IN3O4S/c1-12(2)14-6-4-5-7-16(14)28-11-18(25)23-24-20(29)22-19(26)13-8-9-17(27-3)15(21)10-13/h4-10,12H,11H2,1-3H3,(H,23,25)(H2,22,24,26,29). The minimum atomic E-state index is -0.431. The van der Waals surface area contributed by atoms with Crippen LogP contribution in [0.2, 0.25) is 0 Å². The molecule has 0 aliphatic carbocycles. The third-order valence-electron chi connectivity index (χ3n) is 3.86. The lowest BCUT2D eigenvalue weighted by Crippen LogP contribution is -2.49. The van der Waals surface area contributed by atoms with Crippen LogP contribution in [0.1, 0.15) is 35.7 Å². The lowest BCUT2D eigenvalue weighted by atomic mass is 10.0. The number of hydrazine groups is 1. The molecule has 7 nitrogen and oxygen atoms in total. The van der Waals surface area contributed by atoms with E-state index >= 15 is 0 Å². The van der Waals surface area contributed by atoms with E-state index in [2.05, 4.69) is 52.6 Å². The van der Waals surface area contributed by atoms with Crippen molar-refractivity contribution in [3.8, 4) is 11.5 Å². The summed E-state index contributed by atoms with van der Waals surface area (Å²) in [6.07, 6.45) is 0. The second-order valence-corrected chi connectivity index (χ2v) is 7.86. The van der Waals surface area contributed by atoms with Crippen LogP contribution in [0.25, 0.3) is 0 Å². The van der Waals surface area contributed by atoms with E-state index in [0.717, 1.165) is 9.13 Å². The van der Waals surface area contributed by atoms with Crippen LogP contribution in [0.5, 0.6) is 11.5 Å². The molecule has 0 atom stereocenters. The van der Waals surface area contributed by atoms with Crippen molar-refractivity contribution < 1.29 is 19.1 Å². The zero-order valence-corrected chi connectivity index (χ0v) is 19.2. The smallest absolute Gasteiger partial charge is 0.276 e. The number of methoxy groups -OCH3 is 1. The van der Waals surface area contributed by atoms with E-state index in [4.69, 9.17) is 21.7 Å². The Balaban J connectivity index is 1.81. The van der Waals surface area contributed by atoms with Gasteiger partial charge in [0.15, 0.2) is 11.7 Å². The number of carbonyl (C=O) groups is 2. The summed E-state index contributed by atoms with van der Waals surface area (Å²) in [6.45, 7) is 3.91. The van der Waals surface area contributed by atoms with Gasteiger partial charge in [-0.15, -0.1) is 0 Å². The predicted octanol–water partition coefficient (Wildman–Crippen LogP) is 3.14. The van der Waals surface area contributed by atoms with E-state index in [-0.39, 0.29) is 17.6 Å². The first-order valence-electron chi connectivity index (χ1n) is 8.77. The lowest BCUT2D eigenvalue weighted by molar-refractivity contribution is -0.123. The Morgan fingerprint density at radius 3 is 2.48 bits per heavy atom. The van der Waals surface area contributed by atoms with Crippen molar-refractivity contribution >= 4 is 51.7 Å². The van der Waals surface area contributed by atoms with Crippen molar-refractivity contribution in [3.05, 3.63) is 57.2 Å². The van der Waals surface area contributed by atoms with Gasteiger partial charge in [-0.1, -0.05) is 32.0 Å². The van der Waals surface area contributed by atoms with Crippen LogP contribution >= 0.6 is 34.8 Å². The van der Waals surface area contributed by atoms with Crippen LogP contribution in [0, 0.1) is 3.57 Å². The quantitative estimate of drug-likeness (QED) is 0.304. The molecule has 0 radical (unpaired) electrons. The van der Waals surface area contributed by atoms with Gasteiger partial charge >= 0.3 is 0 Å². The number of rotatable bonds is 6. The first kappa shape index (κ1) is 22.9. The zero-order valence-electron chi connectivity index (χ0n) is 16.2. The molecule has 0 heterocycles. The van der Waals surface area contributed by atoms with Crippen LogP contribution < -0.4 is 25.6 Å². The minimum absolute atomic E-state index is 0.0308. The van der Waals surface area contributed by atoms with E-state index in [9.17, 15) is 9.59 Å². The molecule has 0 fully saturated rings. The van der Waals surface area contributed by atoms with Gasteiger partial charge < -0.3 is 9.47 Å². The normalized spacial score (nSPS) is 10.2. The fraction of sp³-hybridized carbons (Fsp3) is 0.250. The van der Waals surface area contributed by atoms with Gasteiger partial charge in [-0.2, -0.15) is 0 Å². The highest BCUT2D eigenvalue weighted by Crippen LogP contribution is 2.25. The maximum Gasteiger partial charge on any atom is 0.276 e. The molecule has 0 saturated carbocycles. The number of ether oxygens (including phenoxy) is 2. The van der Waals surface area contributed by atoms with Crippen LogP contribution in [-0.2, 0) is 4.79 Å². The summed E-state index contributed by atoms with van der Waals surface area (Å²) in [5.41, 5.74) is 6.32. The largest absolute Gasteiger partial charge is 0.496 e. The lowest BCUT2D eigenvalue weighted by Gasteiger charge is -2.14. The molecule has 0 aliphatic rings. The average molecular weight is 527 g/mol. The van der Waals surface area contributed by atoms with Crippen molar-refractivity contribution in [1.82, 2.24) is 16.2 Å². The monoisotopic (exact) mass is 527 g/mol. The Morgan fingerprint density at radius 1 is 1.10 bits per heavy atom. The molecular weight excluding hydrogens is 505 g/mol. The van der Waals surface area contributed by atoms with Gasteiger partial charge in [0.05, 0.1) is 10.7 Å². The Bertz CT molecular complexity index is 905. The SMILES string of the molecule is COc1ccc(C(=O)NC(=S)NNC(=O)COc2ccccc2C(C)C)cc1I. The van der Waals surface area contributed by atoms with Crippen LogP contribution in [-0.4, -0.2) is 30.6 Å². The molecule has 0 saturated heterocycles. The highest BCUT2D eigenvalue weighted by Gasteiger charge is 2.12. The second-order valence-electron chi connectivity index (χ2n) is 6.29. The van der Waals surface area contributed by atoms with Crippen molar-refractivity contribution in [3.63, 3.8) is 0 Å². The molecule has 2 aromatic carbocycles. The highest BCUT2D eigenvalue weighted by molar-refractivity contribution is 14.1. The first-order chi connectivity index (χ1) is 13.8. The van der Waals surface area contributed by atoms with Gasteiger partial charge in [0.1, 0.15) is 11.5 Å². The summed E-state index contributed by atoms with van der Waals surface area (Å²) in [4.78, 5) is 24.2. The molecule has 0 bridgehead atoms. The second kappa shape index (κ2) is 11.0.